The maximum Gasteiger partial charge on any atom is 0.0514 e. The number of benzene rings is 1. The molecule has 1 aromatic carbocycles. The standard InChI is InChI=1S/C15H24O/c1-11(2)15-7-5-14(6-8-15)10-12(3)9-13(4)16/h5-8,11-13,16H,9-10H2,1-4H3. The van der Waals surface area contributed by atoms with E-state index in [9.17, 15) is 5.11 Å². The number of aliphatic hydroxyl groups is 1. The van der Waals surface area contributed by atoms with Gasteiger partial charge < -0.3 is 5.11 Å². The van der Waals surface area contributed by atoms with Crippen LogP contribution in [0.2, 0.25) is 0 Å². The van der Waals surface area contributed by atoms with Crippen molar-refractivity contribution in [2.45, 2.75) is 52.6 Å². The molecule has 0 radical (unpaired) electrons. The Hall–Kier alpha value is -0.820. The fourth-order valence-corrected chi connectivity index (χ4v) is 2.11. The van der Waals surface area contributed by atoms with Crippen molar-refractivity contribution >= 4 is 0 Å². The summed E-state index contributed by atoms with van der Waals surface area (Å²) in [7, 11) is 0. The Morgan fingerprint density at radius 3 is 2.00 bits per heavy atom. The van der Waals surface area contributed by atoms with E-state index < -0.39 is 0 Å². The lowest BCUT2D eigenvalue weighted by molar-refractivity contribution is 0.164. The zero-order chi connectivity index (χ0) is 12.1. The fraction of sp³-hybridized carbons (Fsp3) is 0.600. The predicted molar refractivity (Wildman–Crippen MR) is 69.7 cm³/mol. The second-order valence-corrected chi connectivity index (χ2v) is 5.29. The first-order valence-corrected chi connectivity index (χ1v) is 6.26. The van der Waals surface area contributed by atoms with E-state index in [-0.39, 0.29) is 6.10 Å². The van der Waals surface area contributed by atoms with Gasteiger partial charge in [-0.15, -0.1) is 0 Å². The number of hydrogen-bond donors (Lipinski definition) is 1. The van der Waals surface area contributed by atoms with Crippen molar-refractivity contribution in [3.63, 3.8) is 0 Å². The molecular formula is C15H24O. The van der Waals surface area contributed by atoms with Crippen LogP contribution >= 0.6 is 0 Å². The summed E-state index contributed by atoms with van der Waals surface area (Å²) >= 11 is 0. The maximum atomic E-state index is 9.32. The average molecular weight is 220 g/mol. The molecule has 1 N–H and O–H groups in total. The zero-order valence-corrected chi connectivity index (χ0v) is 10.9. The molecule has 2 unspecified atom stereocenters. The third-order valence-corrected chi connectivity index (χ3v) is 2.97. The van der Waals surface area contributed by atoms with Crippen molar-refractivity contribution in [3.05, 3.63) is 35.4 Å². The van der Waals surface area contributed by atoms with Gasteiger partial charge in [0.15, 0.2) is 0 Å². The third kappa shape index (κ3) is 4.36. The normalized spacial score (nSPS) is 15.1. The Kier molecular flexibility index (Phi) is 5.01. The van der Waals surface area contributed by atoms with Gasteiger partial charge >= 0.3 is 0 Å². The van der Waals surface area contributed by atoms with Gasteiger partial charge in [0, 0.05) is 0 Å². The van der Waals surface area contributed by atoms with Gasteiger partial charge in [-0.25, -0.2) is 0 Å². The first-order valence-electron chi connectivity index (χ1n) is 6.26. The zero-order valence-electron chi connectivity index (χ0n) is 10.9. The van der Waals surface area contributed by atoms with Crippen LogP contribution in [0.25, 0.3) is 0 Å². The van der Waals surface area contributed by atoms with Crippen LogP contribution in [0.4, 0.5) is 0 Å². The molecule has 0 aromatic heterocycles. The van der Waals surface area contributed by atoms with E-state index in [1.165, 1.54) is 11.1 Å². The molecule has 0 spiro atoms. The first kappa shape index (κ1) is 13.2. The first-order chi connectivity index (χ1) is 7.49. The van der Waals surface area contributed by atoms with Crippen LogP contribution < -0.4 is 0 Å². The van der Waals surface area contributed by atoms with Crippen LogP contribution in [0.3, 0.4) is 0 Å². The lowest BCUT2D eigenvalue weighted by atomic mass is 9.94. The van der Waals surface area contributed by atoms with Gasteiger partial charge in [0.25, 0.3) is 0 Å². The molecule has 2 atom stereocenters. The molecule has 0 heterocycles. The van der Waals surface area contributed by atoms with Gasteiger partial charge in [-0.05, 0) is 42.7 Å². The Labute approximate surface area is 99.5 Å². The molecule has 0 amide bonds. The molecular weight excluding hydrogens is 196 g/mol. The molecule has 0 aliphatic carbocycles. The van der Waals surface area contributed by atoms with Crippen molar-refractivity contribution in [3.8, 4) is 0 Å². The molecule has 1 aromatic rings. The van der Waals surface area contributed by atoms with Crippen molar-refractivity contribution in [1.82, 2.24) is 0 Å². The molecule has 0 aliphatic rings. The third-order valence-electron chi connectivity index (χ3n) is 2.97. The van der Waals surface area contributed by atoms with Crippen molar-refractivity contribution in [2.24, 2.45) is 5.92 Å². The van der Waals surface area contributed by atoms with E-state index in [4.69, 9.17) is 0 Å². The molecule has 1 nitrogen and oxygen atoms in total. The second-order valence-electron chi connectivity index (χ2n) is 5.29. The molecule has 90 valence electrons. The van der Waals surface area contributed by atoms with Gasteiger partial charge in [-0.2, -0.15) is 0 Å². The van der Waals surface area contributed by atoms with Gasteiger partial charge in [-0.3, -0.25) is 0 Å². The van der Waals surface area contributed by atoms with Gasteiger partial charge in [0.05, 0.1) is 6.10 Å². The SMILES string of the molecule is CC(O)CC(C)Cc1ccc(C(C)C)cc1. The minimum atomic E-state index is -0.190. The molecule has 0 bridgehead atoms. The summed E-state index contributed by atoms with van der Waals surface area (Å²) in [5.74, 6) is 1.15. The Morgan fingerprint density at radius 2 is 1.56 bits per heavy atom. The van der Waals surface area contributed by atoms with Crippen molar-refractivity contribution in [2.75, 3.05) is 0 Å². The highest BCUT2D eigenvalue weighted by Gasteiger charge is 2.07. The lowest BCUT2D eigenvalue weighted by Gasteiger charge is -2.14. The Morgan fingerprint density at radius 1 is 1.00 bits per heavy atom. The highest BCUT2D eigenvalue weighted by atomic mass is 16.3. The van der Waals surface area contributed by atoms with Crippen LogP contribution in [0.15, 0.2) is 24.3 Å². The fourth-order valence-electron chi connectivity index (χ4n) is 2.11. The molecule has 1 heteroatoms. The lowest BCUT2D eigenvalue weighted by Crippen LogP contribution is -2.09. The van der Waals surface area contributed by atoms with E-state index in [1.807, 2.05) is 6.92 Å². The smallest absolute Gasteiger partial charge is 0.0514 e. The number of rotatable bonds is 5. The summed E-state index contributed by atoms with van der Waals surface area (Å²) in [5.41, 5.74) is 2.77. The van der Waals surface area contributed by atoms with Crippen molar-refractivity contribution < 1.29 is 5.11 Å². The van der Waals surface area contributed by atoms with Crippen molar-refractivity contribution in [1.29, 1.82) is 0 Å². The summed E-state index contributed by atoms with van der Waals surface area (Å²) < 4.78 is 0. The molecule has 0 aliphatic heterocycles. The Balaban J connectivity index is 2.55. The summed E-state index contributed by atoms with van der Waals surface area (Å²) in [5, 5.41) is 9.32. The second kappa shape index (κ2) is 6.05. The Bertz CT molecular complexity index is 298. The van der Waals surface area contributed by atoms with Gasteiger partial charge in [0.2, 0.25) is 0 Å². The van der Waals surface area contributed by atoms with E-state index in [0.29, 0.717) is 11.8 Å². The van der Waals surface area contributed by atoms with Crippen LogP contribution in [-0.2, 0) is 6.42 Å². The summed E-state index contributed by atoms with van der Waals surface area (Å²) in [4.78, 5) is 0. The number of aliphatic hydroxyl groups excluding tert-OH is 1. The van der Waals surface area contributed by atoms with Crippen LogP contribution in [0.1, 0.15) is 51.2 Å². The van der Waals surface area contributed by atoms with Gasteiger partial charge in [-0.1, -0.05) is 45.0 Å². The monoisotopic (exact) mass is 220 g/mol. The van der Waals surface area contributed by atoms with Gasteiger partial charge in [0.1, 0.15) is 0 Å². The molecule has 1 rings (SSSR count). The maximum absolute atomic E-state index is 9.32. The minimum Gasteiger partial charge on any atom is -0.393 e. The quantitative estimate of drug-likeness (QED) is 0.801. The predicted octanol–water partition coefficient (Wildman–Crippen LogP) is 3.76. The molecule has 0 fully saturated rings. The topological polar surface area (TPSA) is 20.2 Å². The van der Waals surface area contributed by atoms with E-state index >= 15 is 0 Å². The van der Waals surface area contributed by atoms with E-state index in [0.717, 1.165) is 12.8 Å². The summed E-state index contributed by atoms with van der Waals surface area (Å²) in [6.45, 7) is 8.48. The minimum absolute atomic E-state index is 0.190. The summed E-state index contributed by atoms with van der Waals surface area (Å²) in [6.07, 6.45) is 1.75. The summed E-state index contributed by atoms with van der Waals surface area (Å²) in [6, 6.07) is 8.87. The van der Waals surface area contributed by atoms with E-state index in [2.05, 4.69) is 45.0 Å². The molecule has 16 heavy (non-hydrogen) atoms. The molecule has 0 saturated carbocycles. The van der Waals surface area contributed by atoms with Crippen LogP contribution in [-0.4, -0.2) is 11.2 Å². The van der Waals surface area contributed by atoms with Crippen LogP contribution in [0.5, 0.6) is 0 Å². The molecule has 0 saturated heterocycles. The highest BCUT2D eigenvalue weighted by Crippen LogP contribution is 2.18. The number of hydrogen-bond acceptors (Lipinski definition) is 1. The largest absolute Gasteiger partial charge is 0.393 e. The van der Waals surface area contributed by atoms with E-state index in [1.54, 1.807) is 0 Å². The average Bonchev–Trinajstić information content (AvgIpc) is 2.16. The van der Waals surface area contributed by atoms with Crippen LogP contribution in [0, 0.1) is 5.92 Å². The highest BCUT2D eigenvalue weighted by molar-refractivity contribution is 5.24.